The second kappa shape index (κ2) is 10.6. The van der Waals surface area contributed by atoms with Gasteiger partial charge in [-0.25, -0.2) is 0 Å². The molecular weight excluding hydrogens is 390 g/mol. The molecule has 1 aliphatic rings. The number of benzene rings is 2. The number of hydrogen-bond acceptors (Lipinski definition) is 3. The quantitative estimate of drug-likeness (QED) is 0.701. The van der Waals surface area contributed by atoms with Gasteiger partial charge in [-0.05, 0) is 50.5 Å². The van der Waals surface area contributed by atoms with E-state index in [4.69, 9.17) is 0 Å². The minimum atomic E-state index is -0.212. The second-order valence-corrected chi connectivity index (χ2v) is 8.01. The summed E-state index contributed by atoms with van der Waals surface area (Å²) in [4.78, 5) is 39.4. The summed E-state index contributed by atoms with van der Waals surface area (Å²) in [5, 5.41) is 5.76. The SMILES string of the molecule is CC(C)NC(=O)c1ccccc1NC(=O)C1CCN(C(=O)/C=C/c2ccccc2)CC1. The van der Waals surface area contributed by atoms with Crippen molar-refractivity contribution in [2.24, 2.45) is 5.92 Å². The van der Waals surface area contributed by atoms with Crippen LogP contribution in [0.25, 0.3) is 6.08 Å². The molecule has 0 saturated carbocycles. The molecule has 1 aliphatic heterocycles. The first-order valence-corrected chi connectivity index (χ1v) is 10.7. The van der Waals surface area contributed by atoms with E-state index < -0.39 is 0 Å². The van der Waals surface area contributed by atoms with Gasteiger partial charge in [-0.1, -0.05) is 42.5 Å². The highest BCUT2D eigenvalue weighted by molar-refractivity contribution is 6.04. The molecule has 1 saturated heterocycles. The van der Waals surface area contributed by atoms with Crippen LogP contribution in [-0.2, 0) is 9.59 Å². The van der Waals surface area contributed by atoms with Crippen molar-refractivity contribution in [1.82, 2.24) is 10.2 Å². The van der Waals surface area contributed by atoms with Gasteiger partial charge >= 0.3 is 0 Å². The highest BCUT2D eigenvalue weighted by atomic mass is 16.2. The Morgan fingerprint density at radius 3 is 2.29 bits per heavy atom. The number of nitrogens with zero attached hydrogens (tertiary/aromatic N) is 1. The number of piperidine rings is 1. The lowest BCUT2D eigenvalue weighted by Crippen LogP contribution is -2.41. The van der Waals surface area contributed by atoms with Gasteiger partial charge in [-0.3, -0.25) is 14.4 Å². The van der Waals surface area contributed by atoms with Crippen LogP contribution in [0.1, 0.15) is 42.6 Å². The van der Waals surface area contributed by atoms with Gasteiger partial charge in [0.2, 0.25) is 11.8 Å². The summed E-state index contributed by atoms with van der Waals surface area (Å²) in [6, 6.07) is 16.7. The van der Waals surface area contributed by atoms with E-state index in [1.165, 1.54) is 0 Å². The van der Waals surface area contributed by atoms with Crippen LogP contribution >= 0.6 is 0 Å². The lowest BCUT2D eigenvalue weighted by atomic mass is 9.95. The van der Waals surface area contributed by atoms with Crippen molar-refractivity contribution in [3.8, 4) is 0 Å². The molecule has 6 heteroatoms. The summed E-state index contributed by atoms with van der Waals surface area (Å²) in [6.45, 7) is 4.85. The molecule has 6 nitrogen and oxygen atoms in total. The standard InChI is InChI=1S/C25H29N3O3/c1-18(2)26-25(31)21-10-6-7-11-22(21)27-24(30)20-14-16-28(17-15-20)23(29)13-12-19-8-4-3-5-9-19/h3-13,18,20H,14-17H2,1-2H3,(H,26,31)(H,27,30)/b13-12+. The number of para-hydroxylation sites is 1. The Bertz CT molecular complexity index is 945. The number of rotatable bonds is 6. The fourth-order valence-electron chi connectivity index (χ4n) is 3.56. The van der Waals surface area contributed by atoms with Gasteiger partial charge in [-0.2, -0.15) is 0 Å². The van der Waals surface area contributed by atoms with E-state index in [0.29, 0.717) is 37.2 Å². The van der Waals surface area contributed by atoms with Crippen LogP contribution in [0, 0.1) is 5.92 Å². The zero-order valence-electron chi connectivity index (χ0n) is 18.0. The van der Waals surface area contributed by atoms with E-state index in [2.05, 4.69) is 10.6 Å². The number of likely N-dealkylation sites (tertiary alicyclic amines) is 1. The molecule has 162 valence electrons. The number of carbonyl (C=O) groups is 3. The van der Waals surface area contributed by atoms with Crippen molar-refractivity contribution < 1.29 is 14.4 Å². The normalized spacial score (nSPS) is 14.6. The van der Waals surface area contributed by atoms with Gasteiger partial charge in [0.25, 0.3) is 5.91 Å². The molecule has 3 rings (SSSR count). The molecule has 2 N–H and O–H groups in total. The van der Waals surface area contributed by atoms with Crippen molar-refractivity contribution in [1.29, 1.82) is 0 Å². The highest BCUT2D eigenvalue weighted by Crippen LogP contribution is 2.22. The molecule has 1 fully saturated rings. The maximum atomic E-state index is 12.8. The Morgan fingerprint density at radius 2 is 1.61 bits per heavy atom. The van der Waals surface area contributed by atoms with Crippen LogP contribution in [0.2, 0.25) is 0 Å². The van der Waals surface area contributed by atoms with Gasteiger partial charge in [-0.15, -0.1) is 0 Å². The van der Waals surface area contributed by atoms with Crippen LogP contribution in [-0.4, -0.2) is 41.8 Å². The minimum Gasteiger partial charge on any atom is -0.350 e. The third-order valence-electron chi connectivity index (χ3n) is 5.24. The largest absolute Gasteiger partial charge is 0.350 e. The molecule has 0 spiro atoms. The smallest absolute Gasteiger partial charge is 0.253 e. The molecule has 0 atom stereocenters. The molecule has 2 aromatic rings. The predicted molar refractivity (Wildman–Crippen MR) is 122 cm³/mol. The summed E-state index contributed by atoms with van der Waals surface area (Å²) < 4.78 is 0. The number of carbonyl (C=O) groups excluding carboxylic acids is 3. The van der Waals surface area contributed by atoms with Crippen molar-refractivity contribution in [2.75, 3.05) is 18.4 Å². The first-order valence-electron chi connectivity index (χ1n) is 10.7. The van der Waals surface area contributed by atoms with Crippen LogP contribution in [0.4, 0.5) is 5.69 Å². The molecular formula is C25H29N3O3. The van der Waals surface area contributed by atoms with E-state index in [0.717, 1.165) is 5.56 Å². The van der Waals surface area contributed by atoms with Gasteiger partial charge in [0.1, 0.15) is 0 Å². The third-order valence-corrected chi connectivity index (χ3v) is 5.24. The lowest BCUT2D eigenvalue weighted by Gasteiger charge is -2.30. The second-order valence-electron chi connectivity index (χ2n) is 8.01. The Morgan fingerprint density at radius 1 is 0.968 bits per heavy atom. The minimum absolute atomic E-state index is 0.00839. The molecule has 2 aromatic carbocycles. The van der Waals surface area contributed by atoms with Gasteiger partial charge in [0.15, 0.2) is 0 Å². The lowest BCUT2D eigenvalue weighted by molar-refractivity contribution is -0.130. The van der Waals surface area contributed by atoms with Gasteiger partial charge < -0.3 is 15.5 Å². The maximum absolute atomic E-state index is 12.8. The van der Waals surface area contributed by atoms with Crippen LogP contribution in [0.3, 0.4) is 0 Å². The van der Waals surface area contributed by atoms with E-state index in [-0.39, 0.29) is 29.7 Å². The molecule has 0 radical (unpaired) electrons. The molecule has 3 amide bonds. The maximum Gasteiger partial charge on any atom is 0.253 e. The van der Waals surface area contributed by atoms with Crippen LogP contribution in [0.5, 0.6) is 0 Å². The summed E-state index contributed by atoms with van der Waals surface area (Å²) in [7, 11) is 0. The zero-order valence-corrected chi connectivity index (χ0v) is 18.0. The Hall–Kier alpha value is -3.41. The Kier molecular flexibility index (Phi) is 7.60. The van der Waals surface area contributed by atoms with Crippen LogP contribution < -0.4 is 10.6 Å². The van der Waals surface area contributed by atoms with Crippen molar-refractivity contribution in [3.05, 3.63) is 71.8 Å². The number of amides is 3. The van der Waals surface area contributed by atoms with Gasteiger partial charge in [0, 0.05) is 31.1 Å². The number of nitrogens with one attached hydrogen (secondary N) is 2. The predicted octanol–water partition coefficient (Wildman–Crippen LogP) is 3.72. The monoisotopic (exact) mass is 419 g/mol. The van der Waals surface area contributed by atoms with Crippen molar-refractivity contribution >= 4 is 29.5 Å². The molecule has 0 aliphatic carbocycles. The first kappa shape index (κ1) is 22.3. The molecule has 0 unspecified atom stereocenters. The summed E-state index contributed by atoms with van der Waals surface area (Å²) in [5.74, 6) is -0.560. The summed E-state index contributed by atoms with van der Waals surface area (Å²) >= 11 is 0. The topological polar surface area (TPSA) is 78.5 Å². The van der Waals surface area contributed by atoms with E-state index >= 15 is 0 Å². The van der Waals surface area contributed by atoms with E-state index in [1.807, 2.05) is 44.2 Å². The molecule has 0 bridgehead atoms. The van der Waals surface area contributed by atoms with Crippen molar-refractivity contribution in [2.45, 2.75) is 32.7 Å². The van der Waals surface area contributed by atoms with E-state index in [1.54, 1.807) is 41.3 Å². The fraction of sp³-hybridized carbons (Fsp3) is 0.320. The number of anilines is 1. The van der Waals surface area contributed by atoms with E-state index in [9.17, 15) is 14.4 Å². The van der Waals surface area contributed by atoms with Crippen molar-refractivity contribution in [3.63, 3.8) is 0 Å². The Balaban J connectivity index is 1.55. The Labute approximate surface area is 183 Å². The third kappa shape index (κ3) is 6.28. The average molecular weight is 420 g/mol. The van der Waals surface area contributed by atoms with Gasteiger partial charge in [0.05, 0.1) is 11.3 Å². The first-order chi connectivity index (χ1) is 14.9. The molecule has 1 heterocycles. The zero-order chi connectivity index (χ0) is 22.2. The average Bonchev–Trinajstić information content (AvgIpc) is 2.78. The molecule has 31 heavy (non-hydrogen) atoms. The molecule has 0 aromatic heterocycles. The summed E-state index contributed by atoms with van der Waals surface area (Å²) in [6.07, 6.45) is 4.58. The highest BCUT2D eigenvalue weighted by Gasteiger charge is 2.27. The summed E-state index contributed by atoms with van der Waals surface area (Å²) in [5.41, 5.74) is 1.93. The number of hydrogen-bond donors (Lipinski definition) is 2. The fourth-order valence-corrected chi connectivity index (χ4v) is 3.56. The van der Waals surface area contributed by atoms with Crippen LogP contribution in [0.15, 0.2) is 60.7 Å².